The van der Waals surface area contributed by atoms with Crippen molar-refractivity contribution in [2.45, 2.75) is 32.6 Å². The van der Waals surface area contributed by atoms with E-state index in [9.17, 15) is 9.59 Å². The molecule has 0 atom stereocenters. The summed E-state index contributed by atoms with van der Waals surface area (Å²) in [5.41, 5.74) is 4.49. The Balaban J connectivity index is 1.48. The molecule has 3 aromatic heterocycles. The molecule has 0 spiro atoms. The lowest BCUT2D eigenvalue weighted by molar-refractivity contribution is -0.328. The lowest BCUT2D eigenvalue weighted by Gasteiger charge is -2.25. The number of H-pyrrole nitrogens is 1. The minimum Gasteiger partial charge on any atom is -0.462 e. The first-order valence-electron chi connectivity index (χ1n) is 12.2. The van der Waals surface area contributed by atoms with Crippen LogP contribution in [0.5, 0.6) is 0 Å². The van der Waals surface area contributed by atoms with E-state index in [0.717, 1.165) is 61.3 Å². The van der Waals surface area contributed by atoms with Crippen molar-refractivity contribution in [2.24, 2.45) is 0 Å². The van der Waals surface area contributed by atoms with Crippen molar-refractivity contribution in [2.75, 3.05) is 37.8 Å². The number of thiophene rings is 1. The molecule has 0 unspecified atom stereocenters. The molecule has 6 rings (SSSR count). The predicted octanol–water partition coefficient (Wildman–Crippen LogP) is 3.31. The molecule has 1 fully saturated rings. The topological polar surface area (TPSA) is 87.8 Å². The molecule has 1 saturated heterocycles. The van der Waals surface area contributed by atoms with Crippen LogP contribution in [0.25, 0.3) is 26.1 Å². The summed E-state index contributed by atoms with van der Waals surface area (Å²) in [6, 6.07) is 6.85. The van der Waals surface area contributed by atoms with Crippen LogP contribution in [0.1, 0.15) is 41.3 Å². The van der Waals surface area contributed by atoms with Crippen molar-refractivity contribution >= 4 is 43.6 Å². The number of pyridine rings is 1. The second-order valence-corrected chi connectivity index (χ2v) is 9.93. The summed E-state index contributed by atoms with van der Waals surface area (Å²) in [4.78, 5) is 37.4. The van der Waals surface area contributed by atoms with Crippen LogP contribution >= 0.6 is 11.3 Å². The average Bonchev–Trinajstić information content (AvgIpc) is 3.29. The van der Waals surface area contributed by atoms with E-state index in [-0.39, 0.29) is 11.5 Å². The standard InChI is InChI=1S/C26H26N4O4S/c1-2-34-26(32)16-7-9-17(10-8-16)30-15-27-21-20-18-5-3-4-6-19(18)23(29-11-13-33-14-12-29)28-24(20)35-22(21)25(30)31/h7-10,15H,2-6,11-14H2,1H3/p+1. The Kier molecular flexibility index (Phi) is 5.74. The number of nitrogens with zero attached hydrogens (tertiary/aromatic N) is 3. The third kappa shape index (κ3) is 3.79. The number of hydrogen-bond donors (Lipinski definition) is 0. The number of hydrogen-bond acceptors (Lipinski definition) is 7. The first-order valence-corrected chi connectivity index (χ1v) is 13.0. The van der Waals surface area contributed by atoms with Crippen LogP contribution in [0.15, 0.2) is 35.4 Å². The minimum atomic E-state index is -0.374. The largest absolute Gasteiger partial charge is 0.462 e. The number of benzene rings is 1. The van der Waals surface area contributed by atoms with E-state index in [2.05, 4.69) is 9.88 Å². The number of nitrogens with one attached hydrogen (secondary N) is 1. The van der Waals surface area contributed by atoms with Crippen LogP contribution in [0.3, 0.4) is 0 Å². The molecule has 1 aliphatic heterocycles. The number of aromatic amines is 1. The number of rotatable bonds is 4. The fourth-order valence-corrected chi connectivity index (χ4v) is 6.29. The Morgan fingerprint density at radius 2 is 1.89 bits per heavy atom. The van der Waals surface area contributed by atoms with Crippen LogP contribution in [0, 0.1) is 0 Å². The lowest BCUT2D eigenvalue weighted by atomic mass is 9.90. The van der Waals surface area contributed by atoms with Gasteiger partial charge < -0.3 is 9.47 Å². The van der Waals surface area contributed by atoms with Gasteiger partial charge in [0, 0.05) is 5.56 Å². The van der Waals surface area contributed by atoms with Crippen LogP contribution in [-0.2, 0) is 22.3 Å². The SMILES string of the molecule is CCOC(=O)c1ccc(-n2cnc3c(sc4[nH+]c(N5CCOCC5)c5c(c43)CCCC5)c2=O)cc1. The van der Waals surface area contributed by atoms with E-state index in [4.69, 9.17) is 14.5 Å². The molecule has 4 heterocycles. The number of anilines is 1. The number of fused-ring (bicyclic) bond motifs is 5. The van der Waals surface area contributed by atoms with E-state index in [0.29, 0.717) is 22.6 Å². The highest BCUT2D eigenvalue weighted by Crippen LogP contribution is 2.38. The van der Waals surface area contributed by atoms with Gasteiger partial charge in [-0.1, -0.05) is 11.3 Å². The molecule has 35 heavy (non-hydrogen) atoms. The molecule has 2 aliphatic rings. The summed E-state index contributed by atoms with van der Waals surface area (Å²) in [6.45, 7) is 5.29. The molecule has 1 aromatic carbocycles. The van der Waals surface area contributed by atoms with Crippen LogP contribution in [0.4, 0.5) is 5.82 Å². The summed E-state index contributed by atoms with van der Waals surface area (Å²) in [7, 11) is 0. The number of morpholine rings is 1. The number of aromatic nitrogens is 3. The molecule has 0 radical (unpaired) electrons. The molecule has 1 N–H and O–H groups in total. The smallest absolute Gasteiger partial charge is 0.338 e. The maximum atomic E-state index is 13.6. The first kappa shape index (κ1) is 22.2. The van der Waals surface area contributed by atoms with Gasteiger partial charge in [-0.25, -0.2) is 14.8 Å². The third-order valence-electron chi connectivity index (χ3n) is 6.87. The lowest BCUT2D eigenvalue weighted by Crippen LogP contribution is -2.40. The Morgan fingerprint density at radius 3 is 2.63 bits per heavy atom. The molecular formula is C26H27N4O4S+. The van der Waals surface area contributed by atoms with Crippen molar-refractivity contribution in [3.63, 3.8) is 0 Å². The fraction of sp³-hybridized carbons (Fsp3) is 0.385. The Morgan fingerprint density at radius 1 is 1.14 bits per heavy atom. The van der Waals surface area contributed by atoms with Crippen molar-refractivity contribution in [3.8, 4) is 5.69 Å². The van der Waals surface area contributed by atoms with E-state index in [1.54, 1.807) is 42.1 Å². The summed E-state index contributed by atoms with van der Waals surface area (Å²) in [5.74, 6) is 0.804. The highest BCUT2D eigenvalue weighted by molar-refractivity contribution is 7.25. The summed E-state index contributed by atoms with van der Waals surface area (Å²) >= 11 is 1.48. The third-order valence-corrected chi connectivity index (χ3v) is 7.95. The minimum absolute atomic E-state index is 0.106. The van der Waals surface area contributed by atoms with Crippen molar-refractivity contribution in [3.05, 3.63) is 57.6 Å². The average molecular weight is 492 g/mol. The second kappa shape index (κ2) is 9.05. The van der Waals surface area contributed by atoms with Crippen LogP contribution < -0.4 is 15.4 Å². The van der Waals surface area contributed by atoms with E-state index in [1.165, 1.54) is 34.7 Å². The fourth-order valence-electron chi connectivity index (χ4n) is 5.17. The summed E-state index contributed by atoms with van der Waals surface area (Å²) in [5, 5.41) is 1.10. The molecule has 180 valence electrons. The van der Waals surface area contributed by atoms with Crippen molar-refractivity contribution in [1.29, 1.82) is 0 Å². The Labute approximate surface area is 206 Å². The summed E-state index contributed by atoms with van der Waals surface area (Å²) < 4.78 is 12.8. The normalized spacial score (nSPS) is 16.0. The van der Waals surface area contributed by atoms with Gasteiger partial charge in [0.1, 0.15) is 29.6 Å². The zero-order chi connectivity index (χ0) is 23.9. The number of carbonyl (C=O) groups excluding carboxylic acids is 1. The Hall–Kier alpha value is -3.30. The van der Waals surface area contributed by atoms with Crippen molar-refractivity contribution < 1.29 is 19.3 Å². The van der Waals surface area contributed by atoms with E-state index < -0.39 is 0 Å². The van der Waals surface area contributed by atoms with Gasteiger partial charge in [0.25, 0.3) is 11.4 Å². The van der Waals surface area contributed by atoms with E-state index in [1.807, 2.05) is 0 Å². The highest BCUT2D eigenvalue weighted by atomic mass is 32.1. The van der Waals surface area contributed by atoms with Gasteiger partial charge >= 0.3 is 5.97 Å². The maximum Gasteiger partial charge on any atom is 0.338 e. The van der Waals surface area contributed by atoms with Crippen LogP contribution in [0.2, 0.25) is 0 Å². The molecule has 0 bridgehead atoms. The molecular weight excluding hydrogens is 464 g/mol. The summed E-state index contributed by atoms with van der Waals surface area (Å²) in [6.07, 6.45) is 5.96. The van der Waals surface area contributed by atoms with Gasteiger partial charge in [0.05, 0.1) is 36.5 Å². The zero-order valence-electron chi connectivity index (χ0n) is 19.6. The molecule has 1 aliphatic carbocycles. The quantitative estimate of drug-likeness (QED) is 0.407. The zero-order valence-corrected chi connectivity index (χ0v) is 20.5. The van der Waals surface area contributed by atoms with Gasteiger partial charge in [-0.05, 0) is 62.4 Å². The monoisotopic (exact) mass is 491 g/mol. The van der Waals surface area contributed by atoms with Gasteiger partial charge in [0.2, 0.25) is 0 Å². The van der Waals surface area contributed by atoms with Crippen molar-refractivity contribution in [1.82, 2.24) is 9.55 Å². The van der Waals surface area contributed by atoms with Gasteiger partial charge in [-0.2, -0.15) is 0 Å². The molecule has 0 amide bonds. The number of esters is 1. The highest BCUT2D eigenvalue weighted by Gasteiger charge is 2.30. The van der Waals surface area contributed by atoms with Gasteiger partial charge in [-0.3, -0.25) is 14.3 Å². The Bertz CT molecular complexity index is 1490. The molecule has 4 aromatic rings. The van der Waals surface area contributed by atoms with Gasteiger partial charge in [0.15, 0.2) is 4.83 Å². The molecule has 8 nitrogen and oxygen atoms in total. The first-order chi connectivity index (χ1) is 17.2. The maximum absolute atomic E-state index is 13.6. The number of aryl methyl sites for hydroxylation is 1. The number of carbonyl (C=O) groups is 1. The predicted molar refractivity (Wildman–Crippen MR) is 135 cm³/mol. The number of ether oxygens (including phenoxy) is 2. The molecule has 0 saturated carbocycles. The second-order valence-electron chi connectivity index (χ2n) is 8.91. The van der Waals surface area contributed by atoms with E-state index >= 15 is 0 Å². The van der Waals surface area contributed by atoms with Crippen LogP contribution in [-0.4, -0.2) is 48.4 Å². The van der Waals surface area contributed by atoms with Gasteiger partial charge in [-0.15, -0.1) is 0 Å². The molecule has 9 heteroatoms.